The van der Waals surface area contributed by atoms with Crippen LogP contribution in [-0.2, 0) is 4.74 Å². The van der Waals surface area contributed by atoms with Gasteiger partial charge in [0.05, 0.1) is 13.2 Å². The van der Waals surface area contributed by atoms with Crippen molar-refractivity contribution in [2.75, 3.05) is 39.4 Å². The lowest BCUT2D eigenvalue weighted by atomic mass is 10.1. The maximum atomic E-state index is 13.5. The number of guanidine groups is 1. The number of hydrogen-bond acceptors (Lipinski definition) is 3. The van der Waals surface area contributed by atoms with Crippen LogP contribution in [0.5, 0.6) is 0 Å². The molecule has 1 rings (SSSR count). The third-order valence-electron chi connectivity index (χ3n) is 3.19. The summed E-state index contributed by atoms with van der Waals surface area (Å²) in [5.41, 5.74) is 0.835. The Labute approximate surface area is 142 Å². The van der Waals surface area contributed by atoms with Crippen molar-refractivity contribution in [3.05, 3.63) is 35.1 Å². The second kappa shape index (κ2) is 11.4. The van der Waals surface area contributed by atoms with Crippen LogP contribution in [0, 0.1) is 12.7 Å². The fourth-order valence-electron chi connectivity index (χ4n) is 1.90. The molecule has 134 valence electrons. The van der Waals surface area contributed by atoms with Crippen LogP contribution in [0.2, 0.25) is 0 Å². The summed E-state index contributed by atoms with van der Waals surface area (Å²) < 4.78 is 18.7. The highest BCUT2D eigenvalue weighted by molar-refractivity contribution is 5.94. The molecule has 0 atom stereocenters. The number of halogens is 1. The fraction of sp³-hybridized carbons (Fsp3) is 0.529. The minimum atomic E-state index is -0.378. The molecule has 0 bridgehead atoms. The van der Waals surface area contributed by atoms with Gasteiger partial charge in [0.25, 0.3) is 5.91 Å². The Morgan fingerprint density at radius 1 is 1.21 bits per heavy atom. The van der Waals surface area contributed by atoms with Crippen LogP contribution >= 0.6 is 0 Å². The lowest BCUT2D eigenvalue weighted by molar-refractivity contribution is 0.0954. The van der Waals surface area contributed by atoms with Gasteiger partial charge in [0.1, 0.15) is 5.82 Å². The number of ether oxygens (including phenoxy) is 1. The van der Waals surface area contributed by atoms with E-state index in [1.807, 2.05) is 13.8 Å². The SMILES string of the molecule is CCNC(=NCCOCC)NCCNC(=O)c1ccc(C)c(F)c1. The zero-order valence-electron chi connectivity index (χ0n) is 14.6. The summed E-state index contributed by atoms with van der Waals surface area (Å²) in [4.78, 5) is 16.3. The van der Waals surface area contributed by atoms with Gasteiger partial charge in [-0.3, -0.25) is 9.79 Å². The molecule has 0 saturated heterocycles. The summed E-state index contributed by atoms with van der Waals surface area (Å²) in [6.07, 6.45) is 0. The zero-order chi connectivity index (χ0) is 17.8. The maximum Gasteiger partial charge on any atom is 0.251 e. The number of nitrogens with zero attached hydrogens (tertiary/aromatic N) is 1. The molecule has 0 aliphatic rings. The molecular weight excluding hydrogens is 311 g/mol. The van der Waals surface area contributed by atoms with Crippen molar-refractivity contribution in [3.8, 4) is 0 Å². The average Bonchev–Trinajstić information content (AvgIpc) is 2.57. The van der Waals surface area contributed by atoms with E-state index in [0.717, 1.165) is 6.54 Å². The zero-order valence-corrected chi connectivity index (χ0v) is 14.6. The van der Waals surface area contributed by atoms with Crippen molar-refractivity contribution >= 4 is 11.9 Å². The first-order valence-corrected chi connectivity index (χ1v) is 8.22. The van der Waals surface area contributed by atoms with Crippen LogP contribution in [0.25, 0.3) is 0 Å². The van der Waals surface area contributed by atoms with Gasteiger partial charge < -0.3 is 20.7 Å². The standard InChI is InChI=1S/C17H27FN4O2/c1-4-19-17(22-10-11-24-5-2)21-9-8-20-16(23)14-7-6-13(3)15(18)12-14/h6-7,12H,4-5,8-11H2,1-3H3,(H,20,23)(H2,19,21,22). The van der Waals surface area contributed by atoms with Crippen LogP contribution in [0.3, 0.4) is 0 Å². The van der Waals surface area contributed by atoms with Crippen molar-refractivity contribution in [1.82, 2.24) is 16.0 Å². The average molecular weight is 338 g/mol. The molecule has 0 saturated carbocycles. The highest BCUT2D eigenvalue weighted by Gasteiger charge is 2.07. The van der Waals surface area contributed by atoms with E-state index in [1.165, 1.54) is 6.07 Å². The molecule has 1 aromatic rings. The molecule has 6 nitrogen and oxygen atoms in total. The van der Waals surface area contributed by atoms with Crippen molar-refractivity contribution in [1.29, 1.82) is 0 Å². The van der Waals surface area contributed by atoms with Crippen molar-refractivity contribution in [2.45, 2.75) is 20.8 Å². The Bertz CT molecular complexity index is 549. The molecule has 0 aliphatic carbocycles. The number of hydrogen-bond donors (Lipinski definition) is 3. The maximum absolute atomic E-state index is 13.5. The highest BCUT2D eigenvalue weighted by Crippen LogP contribution is 2.08. The summed E-state index contributed by atoms with van der Waals surface area (Å²) in [6, 6.07) is 4.45. The first-order chi connectivity index (χ1) is 11.6. The molecule has 1 aromatic carbocycles. The van der Waals surface area contributed by atoms with E-state index in [2.05, 4.69) is 20.9 Å². The fourth-order valence-corrected chi connectivity index (χ4v) is 1.90. The quantitative estimate of drug-likeness (QED) is 0.362. The van der Waals surface area contributed by atoms with Gasteiger partial charge in [-0.25, -0.2) is 4.39 Å². The summed E-state index contributed by atoms with van der Waals surface area (Å²) in [5.74, 6) is -0.00143. The molecule has 7 heteroatoms. The third-order valence-corrected chi connectivity index (χ3v) is 3.19. The third kappa shape index (κ3) is 7.41. The topological polar surface area (TPSA) is 74.8 Å². The van der Waals surface area contributed by atoms with Gasteiger partial charge in [-0.1, -0.05) is 6.07 Å². The summed E-state index contributed by atoms with van der Waals surface area (Å²) in [7, 11) is 0. The van der Waals surface area contributed by atoms with Crippen molar-refractivity contribution in [2.24, 2.45) is 4.99 Å². The number of rotatable bonds is 9. The second-order valence-electron chi connectivity index (χ2n) is 5.10. The summed E-state index contributed by atoms with van der Waals surface area (Å²) in [6.45, 7) is 9.06. The van der Waals surface area contributed by atoms with Gasteiger partial charge in [-0.2, -0.15) is 0 Å². The number of amides is 1. The normalized spacial score (nSPS) is 11.2. The van der Waals surface area contributed by atoms with E-state index in [0.29, 0.717) is 49.9 Å². The number of carbonyl (C=O) groups excluding carboxylic acids is 1. The number of benzene rings is 1. The lowest BCUT2D eigenvalue weighted by Gasteiger charge is -2.12. The van der Waals surface area contributed by atoms with E-state index < -0.39 is 0 Å². The highest BCUT2D eigenvalue weighted by atomic mass is 19.1. The van der Waals surface area contributed by atoms with Crippen molar-refractivity contribution in [3.63, 3.8) is 0 Å². The van der Waals surface area contributed by atoms with E-state index in [9.17, 15) is 9.18 Å². The van der Waals surface area contributed by atoms with Crippen LogP contribution < -0.4 is 16.0 Å². The molecule has 0 spiro atoms. The number of aliphatic imine (C=N–C) groups is 1. The lowest BCUT2D eigenvalue weighted by Crippen LogP contribution is -2.41. The Morgan fingerprint density at radius 2 is 1.96 bits per heavy atom. The molecule has 1 amide bonds. The van der Waals surface area contributed by atoms with Gasteiger partial charge >= 0.3 is 0 Å². The monoisotopic (exact) mass is 338 g/mol. The van der Waals surface area contributed by atoms with Crippen molar-refractivity contribution < 1.29 is 13.9 Å². The molecule has 0 unspecified atom stereocenters. The number of aryl methyl sites for hydroxylation is 1. The molecule has 0 aromatic heterocycles. The molecule has 0 fully saturated rings. The Kier molecular flexibility index (Phi) is 9.45. The summed E-state index contributed by atoms with van der Waals surface area (Å²) >= 11 is 0. The molecular formula is C17H27FN4O2. The number of carbonyl (C=O) groups is 1. The van der Waals surface area contributed by atoms with Gasteiger partial charge in [-0.05, 0) is 38.5 Å². The predicted molar refractivity (Wildman–Crippen MR) is 93.9 cm³/mol. The minimum absolute atomic E-state index is 0.297. The van der Waals surface area contributed by atoms with Crippen LogP contribution in [0.4, 0.5) is 4.39 Å². The van der Waals surface area contributed by atoms with Gasteiger partial charge in [0.15, 0.2) is 5.96 Å². The Morgan fingerprint density at radius 3 is 2.62 bits per heavy atom. The van der Waals surface area contributed by atoms with E-state index in [4.69, 9.17) is 4.74 Å². The largest absolute Gasteiger partial charge is 0.380 e. The Hall–Kier alpha value is -2.15. The first kappa shape index (κ1) is 19.9. The summed E-state index contributed by atoms with van der Waals surface area (Å²) in [5, 5.41) is 8.98. The second-order valence-corrected chi connectivity index (χ2v) is 5.10. The number of nitrogens with one attached hydrogen (secondary N) is 3. The van der Waals surface area contributed by atoms with Gasteiger partial charge in [-0.15, -0.1) is 0 Å². The van der Waals surface area contributed by atoms with E-state index in [1.54, 1.807) is 19.1 Å². The predicted octanol–water partition coefficient (Wildman–Crippen LogP) is 1.46. The van der Waals surface area contributed by atoms with E-state index >= 15 is 0 Å². The van der Waals surface area contributed by atoms with Crippen LogP contribution in [0.15, 0.2) is 23.2 Å². The molecule has 0 radical (unpaired) electrons. The minimum Gasteiger partial charge on any atom is -0.380 e. The molecule has 24 heavy (non-hydrogen) atoms. The van der Waals surface area contributed by atoms with Gasteiger partial charge in [0, 0.05) is 31.8 Å². The molecule has 3 N–H and O–H groups in total. The molecule has 0 heterocycles. The van der Waals surface area contributed by atoms with Crippen LogP contribution in [0.1, 0.15) is 29.8 Å². The van der Waals surface area contributed by atoms with Crippen LogP contribution in [-0.4, -0.2) is 51.3 Å². The van der Waals surface area contributed by atoms with E-state index in [-0.39, 0.29) is 11.7 Å². The first-order valence-electron chi connectivity index (χ1n) is 8.22. The molecule has 0 aliphatic heterocycles. The smallest absolute Gasteiger partial charge is 0.251 e. The Balaban J connectivity index is 2.36. The van der Waals surface area contributed by atoms with Gasteiger partial charge in [0.2, 0.25) is 0 Å².